The molecule has 3 unspecified atom stereocenters. The van der Waals surface area contributed by atoms with Crippen molar-refractivity contribution in [2.75, 3.05) is 0 Å². The molecule has 0 fully saturated rings. The fourth-order valence-corrected chi connectivity index (χ4v) is 2.13. The molecule has 0 bridgehead atoms. The van der Waals surface area contributed by atoms with Gasteiger partial charge in [-0.25, -0.2) is 0 Å². The molecule has 19 heavy (non-hydrogen) atoms. The first kappa shape index (κ1) is 16.0. The first-order chi connectivity index (χ1) is 8.77. The quantitative estimate of drug-likeness (QED) is 0.813. The minimum absolute atomic E-state index is 0.182. The van der Waals surface area contributed by atoms with Crippen molar-refractivity contribution < 1.29 is 13.2 Å². The van der Waals surface area contributed by atoms with E-state index < -0.39 is 11.7 Å². The Kier molecular flexibility index (Phi) is 5.41. The first-order valence-electron chi connectivity index (χ1n) is 6.69. The van der Waals surface area contributed by atoms with E-state index in [1.54, 1.807) is 19.1 Å². The Morgan fingerprint density at radius 1 is 1.11 bits per heavy atom. The molecule has 108 valence electrons. The first-order valence-corrected chi connectivity index (χ1v) is 6.69. The van der Waals surface area contributed by atoms with E-state index in [9.17, 15) is 13.2 Å². The maximum Gasteiger partial charge on any atom is 0.416 e. The number of halogens is 3. The summed E-state index contributed by atoms with van der Waals surface area (Å²) in [4.78, 5) is 0. The molecule has 1 aromatic rings. The number of hydrogen-bond acceptors (Lipinski definition) is 1. The third-order valence-electron chi connectivity index (χ3n) is 3.74. The van der Waals surface area contributed by atoms with Crippen molar-refractivity contribution in [3.8, 4) is 0 Å². The zero-order valence-electron chi connectivity index (χ0n) is 11.9. The van der Waals surface area contributed by atoms with Crippen LogP contribution in [-0.4, -0.2) is 6.04 Å². The molecule has 0 radical (unpaired) electrons. The van der Waals surface area contributed by atoms with E-state index in [2.05, 4.69) is 19.2 Å². The molecule has 0 heterocycles. The molecule has 3 atom stereocenters. The number of benzene rings is 1. The predicted molar refractivity (Wildman–Crippen MR) is 71.9 cm³/mol. The summed E-state index contributed by atoms with van der Waals surface area (Å²) in [6.45, 7) is 7.97. The van der Waals surface area contributed by atoms with E-state index in [4.69, 9.17) is 0 Å². The standard InChI is InChI=1S/C15H22F3N/c1-5-10(2)11(3)19-12(4)13-8-6-7-9-14(13)15(16,17)18/h6-12,19H,5H2,1-4H3. The van der Waals surface area contributed by atoms with Crippen LogP contribution in [0.15, 0.2) is 24.3 Å². The van der Waals surface area contributed by atoms with Crippen LogP contribution in [0, 0.1) is 5.92 Å². The second-order valence-corrected chi connectivity index (χ2v) is 5.15. The summed E-state index contributed by atoms with van der Waals surface area (Å²) in [6.07, 6.45) is -3.30. The summed E-state index contributed by atoms with van der Waals surface area (Å²) in [5.74, 6) is 0.431. The van der Waals surface area contributed by atoms with Gasteiger partial charge in [-0.3, -0.25) is 0 Å². The van der Waals surface area contributed by atoms with Crippen molar-refractivity contribution in [3.63, 3.8) is 0 Å². The van der Waals surface area contributed by atoms with Gasteiger partial charge < -0.3 is 5.32 Å². The zero-order chi connectivity index (χ0) is 14.6. The number of rotatable bonds is 5. The van der Waals surface area contributed by atoms with Crippen LogP contribution >= 0.6 is 0 Å². The molecule has 1 aromatic carbocycles. The van der Waals surface area contributed by atoms with Crippen molar-refractivity contribution >= 4 is 0 Å². The Morgan fingerprint density at radius 3 is 2.21 bits per heavy atom. The Morgan fingerprint density at radius 2 is 1.68 bits per heavy atom. The van der Waals surface area contributed by atoms with Crippen LogP contribution in [0.2, 0.25) is 0 Å². The van der Waals surface area contributed by atoms with Gasteiger partial charge in [0.2, 0.25) is 0 Å². The van der Waals surface area contributed by atoms with E-state index in [-0.39, 0.29) is 12.1 Å². The Labute approximate surface area is 113 Å². The maximum atomic E-state index is 12.9. The molecule has 0 amide bonds. The van der Waals surface area contributed by atoms with Crippen molar-refractivity contribution in [1.82, 2.24) is 5.32 Å². The second kappa shape index (κ2) is 6.42. The average molecular weight is 273 g/mol. The van der Waals surface area contributed by atoms with Crippen LogP contribution in [0.3, 0.4) is 0 Å². The third kappa shape index (κ3) is 4.23. The van der Waals surface area contributed by atoms with Crippen molar-refractivity contribution in [1.29, 1.82) is 0 Å². The summed E-state index contributed by atoms with van der Waals surface area (Å²) >= 11 is 0. The lowest BCUT2D eigenvalue weighted by Gasteiger charge is -2.26. The Bertz CT molecular complexity index is 401. The second-order valence-electron chi connectivity index (χ2n) is 5.15. The highest BCUT2D eigenvalue weighted by molar-refractivity contribution is 5.32. The van der Waals surface area contributed by atoms with E-state index in [0.29, 0.717) is 11.5 Å². The topological polar surface area (TPSA) is 12.0 Å². The number of hydrogen-bond donors (Lipinski definition) is 1. The molecule has 4 heteroatoms. The van der Waals surface area contributed by atoms with Crippen molar-refractivity contribution in [2.45, 2.75) is 52.4 Å². The molecule has 0 saturated carbocycles. The molecule has 0 spiro atoms. The number of nitrogens with one attached hydrogen (secondary N) is 1. The average Bonchev–Trinajstić information content (AvgIpc) is 2.36. The van der Waals surface area contributed by atoms with E-state index in [1.165, 1.54) is 6.07 Å². The fourth-order valence-electron chi connectivity index (χ4n) is 2.13. The Balaban J connectivity index is 2.91. The molecule has 0 saturated heterocycles. The van der Waals surface area contributed by atoms with Gasteiger partial charge in [-0.15, -0.1) is 0 Å². The van der Waals surface area contributed by atoms with Crippen molar-refractivity contribution in [3.05, 3.63) is 35.4 Å². The van der Waals surface area contributed by atoms with E-state index >= 15 is 0 Å². The highest BCUT2D eigenvalue weighted by Gasteiger charge is 2.34. The van der Waals surface area contributed by atoms with Crippen LogP contribution in [0.25, 0.3) is 0 Å². The predicted octanol–water partition coefficient (Wildman–Crippen LogP) is 4.79. The van der Waals surface area contributed by atoms with E-state index in [0.717, 1.165) is 12.5 Å². The summed E-state index contributed by atoms with van der Waals surface area (Å²) in [5.41, 5.74) is -0.239. The molecule has 0 aliphatic heterocycles. The fraction of sp³-hybridized carbons (Fsp3) is 0.600. The lowest BCUT2D eigenvalue weighted by molar-refractivity contribution is -0.138. The summed E-state index contributed by atoms with van der Waals surface area (Å²) in [7, 11) is 0. The molecule has 1 rings (SSSR count). The molecule has 0 aliphatic carbocycles. The molecule has 1 N–H and O–H groups in total. The van der Waals surface area contributed by atoms with Gasteiger partial charge in [-0.2, -0.15) is 13.2 Å². The van der Waals surface area contributed by atoms with Crippen LogP contribution in [0.5, 0.6) is 0 Å². The van der Waals surface area contributed by atoms with Gasteiger partial charge in [0, 0.05) is 12.1 Å². The van der Waals surface area contributed by atoms with Gasteiger partial charge in [0.25, 0.3) is 0 Å². The van der Waals surface area contributed by atoms with Gasteiger partial charge >= 0.3 is 6.18 Å². The normalized spacial score (nSPS) is 17.0. The van der Waals surface area contributed by atoms with Crippen molar-refractivity contribution in [2.24, 2.45) is 5.92 Å². The zero-order valence-corrected chi connectivity index (χ0v) is 11.9. The highest BCUT2D eigenvalue weighted by atomic mass is 19.4. The van der Waals surface area contributed by atoms with Gasteiger partial charge in [0.15, 0.2) is 0 Å². The Hall–Kier alpha value is -1.03. The number of alkyl halides is 3. The molecular formula is C15H22F3N. The lowest BCUT2D eigenvalue weighted by atomic mass is 9.96. The summed E-state index contributed by atoms with van der Waals surface area (Å²) in [5, 5.41) is 3.26. The summed E-state index contributed by atoms with van der Waals surface area (Å²) < 4.78 is 38.8. The molecule has 1 nitrogen and oxygen atoms in total. The van der Waals surface area contributed by atoms with Gasteiger partial charge in [-0.05, 0) is 31.4 Å². The van der Waals surface area contributed by atoms with Gasteiger partial charge in [-0.1, -0.05) is 38.5 Å². The summed E-state index contributed by atoms with van der Waals surface area (Å²) in [6, 6.07) is 5.63. The van der Waals surface area contributed by atoms with Crippen LogP contribution in [-0.2, 0) is 6.18 Å². The smallest absolute Gasteiger partial charge is 0.307 e. The van der Waals surface area contributed by atoms with Crippen LogP contribution in [0.1, 0.15) is 51.3 Å². The van der Waals surface area contributed by atoms with Crippen LogP contribution in [0.4, 0.5) is 13.2 Å². The molecular weight excluding hydrogens is 251 g/mol. The van der Waals surface area contributed by atoms with E-state index in [1.807, 2.05) is 6.92 Å². The largest absolute Gasteiger partial charge is 0.416 e. The van der Waals surface area contributed by atoms with Crippen LogP contribution < -0.4 is 5.32 Å². The SMILES string of the molecule is CCC(C)C(C)NC(C)c1ccccc1C(F)(F)F. The monoisotopic (exact) mass is 273 g/mol. The third-order valence-corrected chi connectivity index (χ3v) is 3.74. The van der Waals surface area contributed by atoms with Gasteiger partial charge in [0.05, 0.1) is 5.56 Å². The lowest BCUT2D eigenvalue weighted by Crippen LogP contribution is -2.34. The highest BCUT2D eigenvalue weighted by Crippen LogP contribution is 2.34. The molecule has 0 aliphatic rings. The minimum atomic E-state index is -4.30. The minimum Gasteiger partial charge on any atom is -0.307 e. The maximum absolute atomic E-state index is 12.9. The van der Waals surface area contributed by atoms with Gasteiger partial charge in [0.1, 0.15) is 0 Å². The molecule has 0 aromatic heterocycles.